The molecule has 2 fully saturated rings. The third kappa shape index (κ3) is 4.48. The molecular formula is C23H24FN3O3S. The molecule has 4 rings (SSSR count). The zero-order valence-electron chi connectivity index (χ0n) is 17.1. The maximum Gasteiger partial charge on any atom is 0.244 e. The molecule has 162 valence electrons. The van der Waals surface area contributed by atoms with Gasteiger partial charge in [-0.25, -0.2) is 12.8 Å². The molecule has 8 heteroatoms. The van der Waals surface area contributed by atoms with Gasteiger partial charge in [0.25, 0.3) is 0 Å². The van der Waals surface area contributed by atoms with E-state index in [0.717, 1.165) is 12.8 Å². The van der Waals surface area contributed by atoms with Gasteiger partial charge in [-0.1, -0.05) is 30.3 Å². The second-order valence-corrected chi connectivity index (χ2v) is 9.98. The lowest BCUT2D eigenvalue weighted by molar-refractivity contribution is -0.138. The highest BCUT2D eigenvalue weighted by Crippen LogP contribution is 2.33. The van der Waals surface area contributed by atoms with Crippen LogP contribution in [0.15, 0.2) is 53.4 Å². The van der Waals surface area contributed by atoms with Gasteiger partial charge in [-0.15, -0.1) is 0 Å². The maximum atomic E-state index is 14.1. The Kier molecular flexibility index (Phi) is 6.08. The van der Waals surface area contributed by atoms with Crippen molar-refractivity contribution in [3.05, 3.63) is 65.5 Å². The predicted octanol–water partition coefficient (Wildman–Crippen LogP) is 3.29. The Balaban J connectivity index is 1.45. The van der Waals surface area contributed by atoms with Crippen LogP contribution in [-0.4, -0.2) is 42.7 Å². The summed E-state index contributed by atoms with van der Waals surface area (Å²) >= 11 is 0. The van der Waals surface area contributed by atoms with E-state index in [2.05, 4.69) is 0 Å². The third-order valence-electron chi connectivity index (χ3n) is 6.00. The van der Waals surface area contributed by atoms with E-state index in [1.165, 1.54) is 22.5 Å². The maximum absolute atomic E-state index is 14.1. The Morgan fingerprint density at radius 2 is 1.71 bits per heavy atom. The summed E-state index contributed by atoms with van der Waals surface area (Å²) in [5, 5.41) is 9.24. The fourth-order valence-corrected chi connectivity index (χ4v) is 5.70. The summed E-state index contributed by atoms with van der Waals surface area (Å²) in [5.74, 6) is -0.636. The van der Waals surface area contributed by atoms with E-state index in [1.54, 1.807) is 35.2 Å². The quantitative estimate of drug-likeness (QED) is 0.689. The van der Waals surface area contributed by atoms with Crippen molar-refractivity contribution in [2.24, 2.45) is 5.92 Å². The van der Waals surface area contributed by atoms with Crippen LogP contribution in [0.4, 0.5) is 4.39 Å². The topological polar surface area (TPSA) is 81.5 Å². The number of hydrogen-bond donors (Lipinski definition) is 0. The Hall–Kier alpha value is -2.76. The molecule has 6 nitrogen and oxygen atoms in total. The smallest absolute Gasteiger partial charge is 0.244 e. The Morgan fingerprint density at radius 3 is 2.35 bits per heavy atom. The lowest BCUT2D eigenvalue weighted by Gasteiger charge is -2.34. The molecule has 1 heterocycles. The first-order valence-electron chi connectivity index (χ1n) is 10.4. The van der Waals surface area contributed by atoms with Crippen LogP contribution in [0.3, 0.4) is 0 Å². The molecule has 0 spiro atoms. The van der Waals surface area contributed by atoms with E-state index >= 15 is 0 Å². The van der Waals surface area contributed by atoms with Crippen LogP contribution >= 0.6 is 0 Å². The van der Waals surface area contributed by atoms with Crippen LogP contribution in [-0.2, 0) is 21.4 Å². The number of amides is 1. The number of carbonyl (C=O) groups excluding carboxylic acids is 1. The zero-order valence-corrected chi connectivity index (χ0v) is 17.9. The number of piperidine rings is 1. The minimum absolute atomic E-state index is 0.00133. The van der Waals surface area contributed by atoms with Crippen molar-refractivity contribution in [1.29, 1.82) is 5.26 Å². The van der Waals surface area contributed by atoms with Crippen molar-refractivity contribution in [2.45, 2.75) is 43.2 Å². The number of sulfonamides is 1. The standard InChI is InChI=1S/C23H24FN3O3S/c24-21-7-3-1-6-19(21)16-27(20-9-10-20)23(28)17-11-13-26(14-12-17)31(29,30)22-8-4-2-5-18(22)15-25/h1-8,17,20H,9-14,16H2. The van der Waals surface area contributed by atoms with Gasteiger partial charge in [-0.3, -0.25) is 4.79 Å². The van der Waals surface area contributed by atoms with Crippen LogP contribution < -0.4 is 0 Å². The first-order chi connectivity index (χ1) is 14.9. The highest BCUT2D eigenvalue weighted by molar-refractivity contribution is 7.89. The molecule has 0 atom stereocenters. The number of nitrogens with zero attached hydrogens (tertiary/aromatic N) is 3. The van der Waals surface area contributed by atoms with Crippen LogP contribution in [0.5, 0.6) is 0 Å². The second kappa shape index (κ2) is 8.77. The van der Waals surface area contributed by atoms with Crippen LogP contribution in [0.1, 0.15) is 36.8 Å². The molecule has 1 amide bonds. The molecule has 2 aliphatic rings. The number of rotatable bonds is 6. The summed E-state index contributed by atoms with van der Waals surface area (Å²) in [6.07, 6.45) is 2.65. The monoisotopic (exact) mass is 441 g/mol. The van der Waals surface area contributed by atoms with E-state index in [-0.39, 0.29) is 53.8 Å². The number of benzene rings is 2. The van der Waals surface area contributed by atoms with Crippen molar-refractivity contribution in [3.63, 3.8) is 0 Å². The average Bonchev–Trinajstić information content (AvgIpc) is 3.63. The molecule has 0 N–H and O–H groups in total. The molecule has 2 aromatic carbocycles. The van der Waals surface area contributed by atoms with Gasteiger partial charge in [0.2, 0.25) is 15.9 Å². The molecule has 31 heavy (non-hydrogen) atoms. The Morgan fingerprint density at radius 1 is 1.06 bits per heavy atom. The second-order valence-electron chi connectivity index (χ2n) is 8.08. The molecule has 1 aliphatic carbocycles. The van der Waals surface area contributed by atoms with Gasteiger partial charge >= 0.3 is 0 Å². The molecule has 2 aromatic rings. The molecule has 0 aromatic heterocycles. The van der Waals surface area contributed by atoms with Crippen LogP contribution in [0.25, 0.3) is 0 Å². The molecule has 1 aliphatic heterocycles. The van der Waals surface area contributed by atoms with Gasteiger partial charge in [-0.05, 0) is 43.9 Å². The average molecular weight is 442 g/mol. The summed E-state index contributed by atoms with van der Waals surface area (Å²) in [4.78, 5) is 15.0. The summed E-state index contributed by atoms with van der Waals surface area (Å²) in [6, 6.07) is 14.7. The summed E-state index contributed by atoms with van der Waals surface area (Å²) in [6.45, 7) is 0.678. The summed E-state index contributed by atoms with van der Waals surface area (Å²) in [5.41, 5.74) is 0.612. The normalized spacial score (nSPS) is 17.8. The number of halogens is 1. The van der Waals surface area contributed by atoms with Gasteiger partial charge in [0.05, 0.1) is 10.5 Å². The van der Waals surface area contributed by atoms with Gasteiger partial charge < -0.3 is 4.90 Å². The molecule has 1 saturated carbocycles. The first kappa shape index (κ1) is 21.5. The molecule has 1 saturated heterocycles. The van der Waals surface area contributed by atoms with Gasteiger partial charge in [0, 0.05) is 37.2 Å². The largest absolute Gasteiger partial charge is 0.335 e. The SMILES string of the molecule is N#Cc1ccccc1S(=O)(=O)N1CCC(C(=O)N(Cc2ccccc2F)C2CC2)CC1. The van der Waals surface area contributed by atoms with Crippen molar-refractivity contribution in [2.75, 3.05) is 13.1 Å². The number of nitriles is 1. The number of carbonyl (C=O) groups is 1. The minimum atomic E-state index is -3.80. The van der Waals surface area contributed by atoms with Crippen molar-refractivity contribution in [1.82, 2.24) is 9.21 Å². The van der Waals surface area contributed by atoms with Crippen molar-refractivity contribution >= 4 is 15.9 Å². The fraction of sp³-hybridized carbons (Fsp3) is 0.391. The van der Waals surface area contributed by atoms with E-state index in [1.807, 2.05) is 6.07 Å². The van der Waals surface area contributed by atoms with Gasteiger partial charge in [0.15, 0.2) is 0 Å². The number of hydrogen-bond acceptors (Lipinski definition) is 4. The highest BCUT2D eigenvalue weighted by Gasteiger charge is 2.39. The Bertz CT molecular complexity index is 1120. The van der Waals surface area contributed by atoms with E-state index in [0.29, 0.717) is 18.4 Å². The van der Waals surface area contributed by atoms with Crippen molar-refractivity contribution < 1.29 is 17.6 Å². The van der Waals surface area contributed by atoms with Gasteiger partial charge in [-0.2, -0.15) is 9.57 Å². The molecule has 0 unspecified atom stereocenters. The summed E-state index contributed by atoms with van der Waals surface area (Å²) < 4.78 is 41.5. The van der Waals surface area contributed by atoms with E-state index in [4.69, 9.17) is 0 Å². The summed E-state index contributed by atoms with van der Waals surface area (Å²) in [7, 11) is -3.80. The highest BCUT2D eigenvalue weighted by atomic mass is 32.2. The van der Waals surface area contributed by atoms with E-state index in [9.17, 15) is 22.9 Å². The van der Waals surface area contributed by atoms with Crippen LogP contribution in [0.2, 0.25) is 0 Å². The Labute approximate surface area is 181 Å². The van der Waals surface area contributed by atoms with Crippen molar-refractivity contribution in [3.8, 4) is 6.07 Å². The van der Waals surface area contributed by atoms with Gasteiger partial charge in [0.1, 0.15) is 11.9 Å². The lowest BCUT2D eigenvalue weighted by Crippen LogP contribution is -2.45. The zero-order chi connectivity index (χ0) is 22.0. The lowest BCUT2D eigenvalue weighted by atomic mass is 9.96. The molecule has 0 radical (unpaired) electrons. The third-order valence-corrected chi connectivity index (χ3v) is 7.95. The predicted molar refractivity (Wildman–Crippen MR) is 113 cm³/mol. The molecular weight excluding hydrogens is 417 g/mol. The fourth-order valence-electron chi connectivity index (χ4n) is 4.08. The minimum Gasteiger partial charge on any atom is -0.335 e. The van der Waals surface area contributed by atoms with Crippen LogP contribution in [0, 0.1) is 23.1 Å². The molecule has 0 bridgehead atoms. The first-order valence-corrected chi connectivity index (χ1v) is 11.9. The van der Waals surface area contributed by atoms with E-state index < -0.39 is 10.0 Å².